The molecule has 0 spiro atoms. The maximum absolute atomic E-state index is 11.9. The average molecular weight is 504 g/mol. The first-order chi connectivity index (χ1) is 17.9. The van der Waals surface area contributed by atoms with Crippen LogP contribution in [0.25, 0.3) is 5.57 Å². The van der Waals surface area contributed by atoms with Crippen LogP contribution in [-0.2, 0) is 16.0 Å². The van der Waals surface area contributed by atoms with E-state index >= 15 is 0 Å². The van der Waals surface area contributed by atoms with Crippen molar-refractivity contribution >= 4 is 11.5 Å². The number of aliphatic hydroxyl groups excluding tert-OH is 1. The Balaban J connectivity index is 1.46. The van der Waals surface area contributed by atoms with Crippen molar-refractivity contribution in [1.82, 2.24) is 0 Å². The molecule has 1 aliphatic heterocycles. The summed E-state index contributed by atoms with van der Waals surface area (Å²) in [5.74, 6) is 7.16. The first kappa shape index (κ1) is 26.8. The van der Waals surface area contributed by atoms with E-state index < -0.39 is 12.2 Å². The molecule has 6 heteroatoms. The highest BCUT2D eigenvalue weighted by molar-refractivity contribution is 5.66. The number of phenols is 1. The van der Waals surface area contributed by atoms with Crippen LogP contribution in [-0.4, -0.2) is 42.0 Å². The van der Waals surface area contributed by atoms with Crippen molar-refractivity contribution in [3.63, 3.8) is 0 Å². The molecule has 0 bridgehead atoms. The molecule has 37 heavy (non-hydrogen) atoms. The van der Waals surface area contributed by atoms with E-state index in [1.165, 1.54) is 24.8 Å². The van der Waals surface area contributed by atoms with Crippen molar-refractivity contribution in [2.45, 2.75) is 70.5 Å². The van der Waals surface area contributed by atoms with E-state index in [2.05, 4.69) is 35.0 Å². The highest BCUT2D eigenvalue weighted by Crippen LogP contribution is 2.31. The van der Waals surface area contributed by atoms with Crippen molar-refractivity contribution in [1.29, 1.82) is 0 Å². The van der Waals surface area contributed by atoms with E-state index in [0.717, 1.165) is 43.1 Å². The molecular formula is C31H37NO5. The lowest BCUT2D eigenvalue weighted by molar-refractivity contribution is -0.150. The highest BCUT2D eigenvalue weighted by atomic mass is 16.5. The SMILES string of the molecule is COc1cc(C[C@H]2CC#C[C@@H](CCCC3=c4ccccc4=NC3)CC[C@H](O)C[C@@H]2OC(C)=O)ccc1O. The number of carbonyl (C=O) groups excluding carboxylic acids is 1. The summed E-state index contributed by atoms with van der Waals surface area (Å²) in [5.41, 5.74) is 2.36. The van der Waals surface area contributed by atoms with Gasteiger partial charge in [-0.05, 0) is 67.9 Å². The number of benzene rings is 2. The van der Waals surface area contributed by atoms with Gasteiger partial charge in [-0.2, -0.15) is 0 Å². The predicted octanol–water partition coefficient (Wildman–Crippen LogP) is 3.70. The normalized spacial score (nSPS) is 23.3. The second kappa shape index (κ2) is 12.8. The van der Waals surface area contributed by atoms with Gasteiger partial charge in [0, 0.05) is 36.8 Å². The van der Waals surface area contributed by atoms with Crippen molar-refractivity contribution in [3.05, 3.63) is 58.6 Å². The number of para-hydroxylation sites is 1. The van der Waals surface area contributed by atoms with Gasteiger partial charge in [-0.25, -0.2) is 0 Å². The van der Waals surface area contributed by atoms with Crippen molar-refractivity contribution in [3.8, 4) is 23.3 Å². The second-order valence-corrected chi connectivity index (χ2v) is 10.1. The highest BCUT2D eigenvalue weighted by Gasteiger charge is 2.28. The summed E-state index contributed by atoms with van der Waals surface area (Å²) < 4.78 is 10.9. The molecule has 0 amide bonds. The fraction of sp³-hybridized carbons (Fsp3) is 0.484. The van der Waals surface area contributed by atoms with Crippen LogP contribution in [0.4, 0.5) is 0 Å². The summed E-state index contributed by atoms with van der Waals surface area (Å²) in [7, 11) is 1.52. The lowest BCUT2D eigenvalue weighted by atomic mass is 9.85. The van der Waals surface area contributed by atoms with Crippen LogP contribution in [0.1, 0.15) is 57.4 Å². The molecule has 2 N–H and O–H groups in total. The third kappa shape index (κ3) is 7.36. The lowest BCUT2D eigenvalue weighted by Gasteiger charge is -2.29. The number of aromatic hydroxyl groups is 1. The van der Waals surface area contributed by atoms with E-state index in [9.17, 15) is 15.0 Å². The molecule has 0 saturated heterocycles. The molecule has 196 valence electrons. The molecule has 0 fully saturated rings. The third-order valence-corrected chi connectivity index (χ3v) is 7.36. The third-order valence-electron chi connectivity index (χ3n) is 7.36. The largest absolute Gasteiger partial charge is 0.504 e. The van der Waals surface area contributed by atoms with Crippen LogP contribution in [0.2, 0.25) is 0 Å². The van der Waals surface area contributed by atoms with Gasteiger partial charge in [0.05, 0.1) is 25.1 Å². The van der Waals surface area contributed by atoms with Crippen LogP contribution in [0.15, 0.2) is 47.5 Å². The average Bonchev–Trinajstić information content (AvgIpc) is 3.29. The summed E-state index contributed by atoms with van der Waals surface area (Å²) in [4.78, 5) is 16.5. The maximum Gasteiger partial charge on any atom is 0.302 e. The Labute approximate surface area is 219 Å². The van der Waals surface area contributed by atoms with Crippen molar-refractivity contribution < 1.29 is 24.5 Å². The molecule has 4 rings (SSSR count). The summed E-state index contributed by atoms with van der Waals surface area (Å²) in [5, 5.41) is 23.2. The van der Waals surface area contributed by atoms with Gasteiger partial charge in [0.15, 0.2) is 11.5 Å². The molecular weight excluding hydrogens is 466 g/mol. The van der Waals surface area contributed by atoms with E-state index in [0.29, 0.717) is 31.4 Å². The molecule has 2 aliphatic rings. The molecule has 2 aromatic carbocycles. The Hall–Kier alpha value is -3.30. The molecule has 1 heterocycles. The van der Waals surface area contributed by atoms with Crippen LogP contribution in [0.3, 0.4) is 0 Å². The van der Waals surface area contributed by atoms with Gasteiger partial charge in [0.25, 0.3) is 0 Å². The number of rotatable bonds is 8. The Kier molecular flexibility index (Phi) is 9.24. The van der Waals surface area contributed by atoms with Crippen LogP contribution < -0.4 is 15.3 Å². The summed E-state index contributed by atoms with van der Waals surface area (Å²) in [6.45, 7) is 2.19. The van der Waals surface area contributed by atoms with Gasteiger partial charge in [-0.15, -0.1) is 5.92 Å². The number of hydrogen-bond donors (Lipinski definition) is 2. The number of phenolic OH excluding ortho intramolecular Hbond substituents is 1. The van der Waals surface area contributed by atoms with Gasteiger partial charge in [0.2, 0.25) is 0 Å². The van der Waals surface area contributed by atoms with Gasteiger partial charge in [-0.3, -0.25) is 9.79 Å². The lowest BCUT2D eigenvalue weighted by Crippen LogP contribution is -2.32. The van der Waals surface area contributed by atoms with Gasteiger partial charge in [0.1, 0.15) is 6.10 Å². The first-order valence-electron chi connectivity index (χ1n) is 13.2. The standard InChI is InChI=1S/C31H37NO5/c1-21(33)37-30-19-26(34)15-13-22(8-6-10-25-20-32-28-12-4-3-11-27(25)28)7-5-9-24(30)17-23-14-16-29(35)31(18-23)36-2/h3-4,11-12,14,16,18,22,24,26,30,34-35H,6,8-10,13,15,17,19-20H2,1-2H3/t22-,24+,26-,30-/m0/s1. The van der Waals surface area contributed by atoms with E-state index in [1.807, 2.05) is 12.1 Å². The van der Waals surface area contributed by atoms with E-state index in [-0.39, 0.29) is 23.6 Å². The zero-order valence-electron chi connectivity index (χ0n) is 21.8. The molecule has 4 atom stereocenters. The number of nitrogens with zero attached hydrogens (tertiary/aromatic N) is 1. The molecule has 6 nitrogen and oxygen atoms in total. The zero-order chi connectivity index (χ0) is 26.2. The monoisotopic (exact) mass is 503 g/mol. The van der Waals surface area contributed by atoms with Crippen LogP contribution >= 0.6 is 0 Å². The minimum atomic E-state index is -0.557. The fourth-order valence-electron chi connectivity index (χ4n) is 5.39. The minimum absolute atomic E-state index is 0.0776. The quantitative estimate of drug-likeness (QED) is 0.424. The molecule has 0 aromatic heterocycles. The number of hydrogen-bond acceptors (Lipinski definition) is 6. The number of methoxy groups -OCH3 is 1. The number of esters is 1. The predicted molar refractivity (Wildman–Crippen MR) is 142 cm³/mol. The smallest absolute Gasteiger partial charge is 0.302 e. The van der Waals surface area contributed by atoms with Crippen LogP contribution in [0.5, 0.6) is 11.5 Å². The first-order valence-corrected chi connectivity index (χ1v) is 13.2. The Morgan fingerprint density at radius 3 is 2.84 bits per heavy atom. The molecule has 1 aliphatic carbocycles. The summed E-state index contributed by atoms with van der Waals surface area (Å²) >= 11 is 0. The Morgan fingerprint density at radius 1 is 1.19 bits per heavy atom. The van der Waals surface area contributed by atoms with Gasteiger partial charge in [-0.1, -0.05) is 30.2 Å². The fourth-order valence-corrected chi connectivity index (χ4v) is 5.39. The molecule has 0 unspecified atom stereocenters. The summed E-state index contributed by atoms with van der Waals surface area (Å²) in [6.07, 6.45) is 5.07. The van der Waals surface area contributed by atoms with Crippen molar-refractivity contribution in [2.75, 3.05) is 13.7 Å². The minimum Gasteiger partial charge on any atom is -0.504 e. The Bertz CT molecular complexity index is 1270. The van der Waals surface area contributed by atoms with E-state index in [4.69, 9.17) is 9.47 Å². The topological polar surface area (TPSA) is 88.4 Å². The maximum atomic E-state index is 11.9. The molecule has 0 radical (unpaired) electrons. The second-order valence-electron chi connectivity index (χ2n) is 10.1. The Morgan fingerprint density at radius 2 is 2.03 bits per heavy atom. The summed E-state index contributed by atoms with van der Waals surface area (Å²) in [6, 6.07) is 13.6. The van der Waals surface area contributed by atoms with E-state index in [1.54, 1.807) is 12.1 Å². The van der Waals surface area contributed by atoms with Crippen LogP contribution in [0, 0.1) is 23.7 Å². The zero-order valence-corrected chi connectivity index (χ0v) is 21.8. The number of fused-ring (bicyclic) bond motifs is 1. The van der Waals surface area contributed by atoms with Gasteiger partial charge >= 0.3 is 5.97 Å². The molecule has 2 aromatic rings. The number of aliphatic hydroxyl groups is 1. The number of carbonyl (C=O) groups is 1. The number of ether oxygens (including phenoxy) is 2. The van der Waals surface area contributed by atoms with Crippen molar-refractivity contribution in [2.24, 2.45) is 16.8 Å². The molecule has 0 saturated carbocycles. The van der Waals surface area contributed by atoms with Gasteiger partial charge < -0.3 is 19.7 Å².